The molecule has 6 nitrogen and oxygen atoms in total. The Balaban J connectivity index is 1.64. The number of esters is 1. The molecule has 1 amide bonds. The Hall–Kier alpha value is -3.67. The molecule has 3 aromatic rings. The molecule has 1 atom stereocenters. The minimum atomic E-state index is -0.851. The van der Waals surface area contributed by atoms with Gasteiger partial charge in [-0.1, -0.05) is 62.4 Å². The van der Waals surface area contributed by atoms with Gasteiger partial charge in [0.05, 0.1) is 0 Å². The highest BCUT2D eigenvalue weighted by Gasteiger charge is 2.27. The third-order valence-corrected chi connectivity index (χ3v) is 5.65. The average molecular weight is 447 g/mol. The van der Waals surface area contributed by atoms with E-state index >= 15 is 0 Å². The summed E-state index contributed by atoms with van der Waals surface area (Å²) < 4.78 is 7.40. The molecule has 0 spiro atoms. The van der Waals surface area contributed by atoms with E-state index in [0.29, 0.717) is 17.7 Å². The first kappa shape index (κ1) is 24.0. The summed E-state index contributed by atoms with van der Waals surface area (Å²) in [6, 6.07) is 19.7. The fourth-order valence-electron chi connectivity index (χ4n) is 3.71. The van der Waals surface area contributed by atoms with Crippen molar-refractivity contribution in [2.75, 3.05) is 6.61 Å². The molecule has 1 N–H and O–H groups in total. The smallest absolute Gasteiger partial charge is 0.329 e. The summed E-state index contributed by atoms with van der Waals surface area (Å²) >= 11 is 0. The zero-order valence-corrected chi connectivity index (χ0v) is 19.5. The van der Waals surface area contributed by atoms with E-state index in [9.17, 15) is 14.4 Å². The molecule has 0 saturated heterocycles. The van der Waals surface area contributed by atoms with Gasteiger partial charge in [-0.2, -0.15) is 0 Å². The highest BCUT2D eigenvalue weighted by Crippen LogP contribution is 2.18. The lowest BCUT2D eigenvalue weighted by atomic mass is 10.0. The Morgan fingerprint density at radius 2 is 1.55 bits per heavy atom. The van der Waals surface area contributed by atoms with Gasteiger partial charge >= 0.3 is 5.97 Å². The molecule has 2 aromatic carbocycles. The van der Waals surface area contributed by atoms with E-state index < -0.39 is 12.0 Å². The highest BCUT2D eigenvalue weighted by atomic mass is 16.5. The molecule has 172 valence electrons. The van der Waals surface area contributed by atoms with Crippen molar-refractivity contribution in [2.24, 2.45) is 5.92 Å². The Morgan fingerprint density at radius 1 is 0.939 bits per heavy atom. The Kier molecular flexibility index (Phi) is 7.83. The number of nitrogens with zero attached hydrogens (tertiary/aromatic N) is 1. The van der Waals surface area contributed by atoms with Crippen LogP contribution in [-0.4, -0.2) is 34.9 Å². The van der Waals surface area contributed by atoms with E-state index in [2.05, 4.69) is 9.88 Å². The minimum Gasteiger partial charge on any atom is -0.456 e. The fraction of sp³-hybridized carbons (Fsp3) is 0.296. The molecule has 33 heavy (non-hydrogen) atoms. The summed E-state index contributed by atoms with van der Waals surface area (Å²) in [5.74, 6) is -1.45. The van der Waals surface area contributed by atoms with Gasteiger partial charge < -0.3 is 14.6 Å². The van der Waals surface area contributed by atoms with E-state index in [-0.39, 0.29) is 24.2 Å². The highest BCUT2D eigenvalue weighted by molar-refractivity contribution is 6.00. The fourth-order valence-corrected chi connectivity index (χ4v) is 3.71. The molecule has 0 aliphatic rings. The minimum absolute atomic E-state index is 0.198. The van der Waals surface area contributed by atoms with Crippen molar-refractivity contribution in [2.45, 2.75) is 40.3 Å². The van der Waals surface area contributed by atoms with Crippen LogP contribution in [0.3, 0.4) is 0 Å². The van der Waals surface area contributed by atoms with E-state index in [1.807, 2.05) is 70.2 Å². The molecule has 0 aliphatic heterocycles. The Bertz CT molecular complexity index is 1120. The zero-order chi connectivity index (χ0) is 24.0. The maximum atomic E-state index is 12.8. The summed E-state index contributed by atoms with van der Waals surface area (Å²) in [7, 11) is 0. The molecular weight excluding hydrogens is 416 g/mol. The van der Waals surface area contributed by atoms with Crippen LogP contribution < -0.4 is 5.32 Å². The first-order chi connectivity index (χ1) is 15.8. The van der Waals surface area contributed by atoms with Gasteiger partial charge in [0, 0.05) is 29.1 Å². The number of amides is 1. The molecule has 0 fully saturated rings. The topological polar surface area (TPSA) is 77.4 Å². The van der Waals surface area contributed by atoms with Gasteiger partial charge in [0.1, 0.15) is 6.04 Å². The largest absolute Gasteiger partial charge is 0.456 e. The van der Waals surface area contributed by atoms with Crippen LogP contribution in [0.15, 0.2) is 66.7 Å². The van der Waals surface area contributed by atoms with Crippen LogP contribution in [0.1, 0.15) is 51.5 Å². The first-order valence-electron chi connectivity index (χ1n) is 11.0. The van der Waals surface area contributed by atoms with Crippen LogP contribution in [0, 0.1) is 19.8 Å². The van der Waals surface area contributed by atoms with Crippen molar-refractivity contribution in [1.29, 1.82) is 0 Å². The maximum Gasteiger partial charge on any atom is 0.329 e. The molecule has 1 heterocycles. The van der Waals surface area contributed by atoms with Gasteiger partial charge in [-0.25, -0.2) is 4.79 Å². The van der Waals surface area contributed by atoms with Gasteiger partial charge in [0.15, 0.2) is 6.61 Å². The predicted molar refractivity (Wildman–Crippen MR) is 127 cm³/mol. The molecular formula is C27H30N2O4. The van der Waals surface area contributed by atoms with Crippen LogP contribution in [-0.2, 0) is 16.1 Å². The number of aromatic nitrogens is 1. The monoisotopic (exact) mass is 446 g/mol. The van der Waals surface area contributed by atoms with E-state index in [1.54, 1.807) is 24.3 Å². The van der Waals surface area contributed by atoms with Crippen molar-refractivity contribution < 1.29 is 19.1 Å². The number of rotatable bonds is 9. The number of ether oxygens (including phenoxy) is 1. The maximum absolute atomic E-state index is 12.8. The number of hydrogen-bond acceptors (Lipinski definition) is 4. The summed E-state index contributed by atoms with van der Waals surface area (Å²) in [5.41, 5.74) is 3.92. The molecule has 6 heteroatoms. The predicted octanol–water partition coefficient (Wildman–Crippen LogP) is 4.33. The molecule has 1 aromatic heterocycles. The second kappa shape index (κ2) is 10.8. The van der Waals surface area contributed by atoms with E-state index in [1.165, 1.54) is 0 Å². The van der Waals surface area contributed by atoms with Crippen LogP contribution in [0.5, 0.6) is 0 Å². The average Bonchev–Trinajstić information content (AvgIpc) is 3.10. The number of hydrogen-bond donors (Lipinski definition) is 1. The SMILES string of the molecule is Cc1cc(C(=O)COC(=O)[C@@H](NC(=O)c2ccccc2)C(C)C)c(C)n1Cc1ccccc1. The van der Waals surface area contributed by atoms with Crippen molar-refractivity contribution >= 4 is 17.7 Å². The quantitative estimate of drug-likeness (QED) is 0.392. The van der Waals surface area contributed by atoms with Gasteiger partial charge in [-0.05, 0) is 43.5 Å². The van der Waals surface area contributed by atoms with Crippen molar-refractivity contribution in [3.05, 3.63) is 94.8 Å². The Morgan fingerprint density at radius 3 is 2.15 bits per heavy atom. The summed E-state index contributed by atoms with van der Waals surface area (Å²) in [6.45, 7) is 7.76. The number of benzene rings is 2. The number of Topliss-reactive ketones (excluding diaryl/α,β-unsaturated/α-hetero) is 1. The van der Waals surface area contributed by atoms with Crippen LogP contribution >= 0.6 is 0 Å². The lowest BCUT2D eigenvalue weighted by molar-refractivity contribution is -0.145. The molecule has 0 radical (unpaired) electrons. The molecule has 3 rings (SSSR count). The van der Waals surface area contributed by atoms with Crippen molar-refractivity contribution in [3.63, 3.8) is 0 Å². The number of aryl methyl sites for hydroxylation is 1. The van der Waals surface area contributed by atoms with Crippen molar-refractivity contribution in [3.8, 4) is 0 Å². The molecule has 0 saturated carbocycles. The molecule has 0 aliphatic carbocycles. The first-order valence-corrected chi connectivity index (χ1v) is 11.0. The van der Waals surface area contributed by atoms with Gasteiger partial charge in [0.25, 0.3) is 5.91 Å². The van der Waals surface area contributed by atoms with Gasteiger partial charge in [-0.15, -0.1) is 0 Å². The van der Waals surface area contributed by atoms with Crippen molar-refractivity contribution in [1.82, 2.24) is 9.88 Å². The third kappa shape index (κ3) is 5.98. The third-order valence-electron chi connectivity index (χ3n) is 5.65. The summed E-state index contributed by atoms with van der Waals surface area (Å²) in [5, 5.41) is 2.72. The van der Waals surface area contributed by atoms with Crippen LogP contribution in [0.25, 0.3) is 0 Å². The Labute approximate surface area is 194 Å². The summed E-state index contributed by atoms with van der Waals surface area (Å²) in [4.78, 5) is 38.0. The lowest BCUT2D eigenvalue weighted by Gasteiger charge is -2.20. The van der Waals surface area contributed by atoms with Crippen LogP contribution in [0.4, 0.5) is 0 Å². The number of carbonyl (C=O) groups is 3. The zero-order valence-electron chi connectivity index (χ0n) is 19.5. The van der Waals surface area contributed by atoms with Gasteiger partial charge in [0.2, 0.25) is 5.78 Å². The summed E-state index contributed by atoms with van der Waals surface area (Å²) in [6.07, 6.45) is 0. The van der Waals surface area contributed by atoms with Gasteiger partial charge in [-0.3, -0.25) is 9.59 Å². The second-order valence-corrected chi connectivity index (χ2v) is 8.45. The van der Waals surface area contributed by atoms with Crippen LogP contribution in [0.2, 0.25) is 0 Å². The molecule has 0 bridgehead atoms. The van der Waals surface area contributed by atoms with E-state index in [4.69, 9.17) is 4.74 Å². The standard InChI is InChI=1S/C27H30N2O4/c1-18(2)25(28-26(31)22-13-9-6-10-14-22)27(32)33-17-24(30)23-15-19(3)29(20(23)4)16-21-11-7-5-8-12-21/h5-15,18,25H,16-17H2,1-4H3,(H,28,31)/t25-/m0/s1. The number of nitrogens with one attached hydrogen (secondary N) is 1. The normalized spacial score (nSPS) is 11.8. The second-order valence-electron chi connectivity index (χ2n) is 8.45. The number of carbonyl (C=O) groups excluding carboxylic acids is 3. The van der Waals surface area contributed by atoms with E-state index in [0.717, 1.165) is 17.0 Å². The lowest BCUT2D eigenvalue weighted by Crippen LogP contribution is -2.45. The number of ketones is 1. The molecule has 0 unspecified atom stereocenters.